The van der Waals surface area contributed by atoms with Crippen molar-refractivity contribution >= 4 is 5.91 Å². The first-order valence-electron chi connectivity index (χ1n) is 9.91. The van der Waals surface area contributed by atoms with Crippen molar-refractivity contribution in [2.75, 3.05) is 34.9 Å². The van der Waals surface area contributed by atoms with Crippen LogP contribution in [0, 0.1) is 0 Å². The van der Waals surface area contributed by atoms with Crippen LogP contribution >= 0.6 is 0 Å². The summed E-state index contributed by atoms with van der Waals surface area (Å²) in [7, 11) is 6.75. The summed E-state index contributed by atoms with van der Waals surface area (Å²) in [5, 5.41) is 3.00. The van der Waals surface area contributed by atoms with E-state index in [9.17, 15) is 4.79 Å². The van der Waals surface area contributed by atoms with Crippen LogP contribution in [0.5, 0.6) is 17.2 Å². The lowest BCUT2D eigenvalue weighted by molar-refractivity contribution is -0.122. The number of nitrogens with one attached hydrogen (secondary N) is 1. The molecule has 6 heteroatoms. The Morgan fingerprint density at radius 3 is 2.45 bits per heavy atom. The number of methoxy groups -OCH3 is 3. The number of ether oxygens (including phenoxy) is 3. The molecule has 0 spiro atoms. The maximum atomic E-state index is 12.6. The summed E-state index contributed by atoms with van der Waals surface area (Å²) in [6.07, 6.45) is 3.35. The summed E-state index contributed by atoms with van der Waals surface area (Å²) in [6.45, 7) is 0.744. The molecule has 2 aromatic rings. The number of rotatable bonds is 8. The zero-order chi connectivity index (χ0) is 20.8. The summed E-state index contributed by atoms with van der Waals surface area (Å²) in [4.78, 5) is 14.7. The van der Waals surface area contributed by atoms with E-state index in [2.05, 4.69) is 34.5 Å². The number of benzene rings is 2. The molecule has 0 aromatic heterocycles. The fourth-order valence-electron chi connectivity index (χ4n) is 4.02. The van der Waals surface area contributed by atoms with Gasteiger partial charge in [-0.1, -0.05) is 24.3 Å². The average molecular weight is 399 g/mol. The van der Waals surface area contributed by atoms with E-state index in [0.717, 1.165) is 24.8 Å². The summed E-state index contributed by atoms with van der Waals surface area (Å²) in [5.74, 6) is 1.68. The Labute approximate surface area is 172 Å². The Balaban J connectivity index is 1.62. The molecule has 0 radical (unpaired) electrons. The van der Waals surface area contributed by atoms with Gasteiger partial charge >= 0.3 is 0 Å². The van der Waals surface area contributed by atoms with Crippen LogP contribution in [-0.2, 0) is 17.8 Å². The third kappa shape index (κ3) is 4.82. The van der Waals surface area contributed by atoms with E-state index in [1.807, 2.05) is 19.2 Å². The lowest BCUT2D eigenvalue weighted by Gasteiger charge is -2.32. The minimum atomic E-state index is -0.00990. The summed E-state index contributed by atoms with van der Waals surface area (Å²) in [5.41, 5.74) is 3.63. The van der Waals surface area contributed by atoms with Gasteiger partial charge in [0.1, 0.15) is 0 Å². The normalized spacial score (nSPS) is 15.6. The van der Waals surface area contributed by atoms with Gasteiger partial charge in [-0.3, -0.25) is 9.69 Å². The van der Waals surface area contributed by atoms with Crippen LogP contribution in [0.3, 0.4) is 0 Å². The highest BCUT2D eigenvalue weighted by Crippen LogP contribution is 2.38. The second kappa shape index (κ2) is 9.65. The van der Waals surface area contributed by atoms with E-state index in [0.29, 0.717) is 30.3 Å². The van der Waals surface area contributed by atoms with Gasteiger partial charge in [0.25, 0.3) is 0 Å². The number of nitrogens with zero attached hydrogens (tertiary/aromatic N) is 1. The van der Waals surface area contributed by atoms with E-state index in [-0.39, 0.29) is 11.9 Å². The van der Waals surface area contributed by atoms with Gasteiger partial charge in [-0.15, -0.1) is 0 Å². The number of hydrogen-bond acceptors (Lipinski definition) is 5. The molecule has 1 atom stereocenters. The minimum absolute atomic E-state index is 0.00990. The number of fused-ring (bicyclic) bond motifs is 1. The van der Waals surface area contributed by atoms with Gasteiger partial charge in [0.15, 0.2) is 11.5 Å². The van der Waals surface area contributed by atoms with E-state index in [1.165, 1.54) is 11.1 Å². The molecule has 0 heterocycles. The lowest BCUT2D eigenvalue weighted by Crippen LogP contribution is -2.37. The molecule has 3 rings (SSSR count). The molecule has 6 nitrogen and oxygen atoms in total. The van der Waals surface area contributed by atoms with Gasteiger partial charge < -0.3 is 19.5 Å². The molecule has 2 aromatic carbocycles. The van der Waals surface area contributed by atoms with E-state index < -0.39 is 0 Å². The van der Waals surface area contributed by atoms with Crippen LogP contribution in [0.15, 0.2) is 36.4 Å². The van der Waals surface area contributed by atoms with Crippen molar-refractivity contribution in [3.05, 3.63) is 53.1 Å². The number of aryl methyl sites for hydroxylation is 1. The van der Waals surface area contributed by atoms with Gasteiger partial charge in [0, 0.05) is 12.6 Å². The first-order valence-corrected chi connectivity index (χ1v) is 9.91. The van der Waals surface area contributed by atoms with Crippen molar-refractivity contribution in [2.24, 2.45) is 0 Å². The predicted molar refractivity (Wildman–Crippen MR) is 113 cm³/mol. The van der Waals surface area contributed by atoms with Crippen molar-refractivity contribution in [3.63, 3.8) is 0 Å². The lowest BCUT2D eigenvalue weighted by atomic mass is 9.87. The molecular weight excluding hydrogens is 368 g/mol. The number of amides is 1. The molecule has 1 amide bonds. The molecule has 0 aliphatic heterocycles. The summed E-state index contributed by atoms with van der Waals surface area (Å²) < 4.78 is 16.1. The molecule has 29 heavy (non-hydrogen) atoms. The zero-order valence-electron chi connectivity index (χ0n) is 17.7. The first-order chi connectivity index (χ1) is 14.1. The van der Waals surface area contributed by atoms with Crippen LogP contribution in [0.1, 0.15) is 35.6 Å². The van der Waals surface area contributed by atoms with Gasteiger partial charge in [-0.25, -0.2) is 0 Å². The Morgan fingerprint density at radius 2 is 1.79 bits per heavy atom. The molecule has 0 saturated heterocycles. The molecule has 156 valence electrons. The predicted octanol–water partition coefficient (Wildman–Crippen LogP) is 3.34. The number of likely N-dealkylation sites (N-methyl/N-ethyl adjacent to an activating group) is 1. The standard InChI is InChI=1S/C23H30N2O4/c1-25(19-11-7-9-17-8-5-6-10-18(17)19)15-22(26)24-14-16-12-20(27-2)23(29-4)21(13-16)28-3/h5-6,8,10,12-13,19H,7,9,11,14-15H2,1-4H3,(H,24,26)/t19-/m0/s1. The van der Waals surface area contributed by atoms with Crippen molar-refractivity contribution in [2.45, 2.75) is 31.8 Å². The van der Waals surface area contributed by atoms with Gasteiger partial charge in [0.2, 0.25) is 11.7 Å². The second-order valence-corrected chi connectivity index (χ2v) is 7.33. The van der Waals surface area contributed by atoms with Crippen LogP contribution in [0.4, 0.5) is 0 Å². The Morgan fingerprint density at radius 1 is 1.10 bits per heavy atom. The van der Waals surface area contributed by atoms with Crippen LogP contribution in [-0.4, -0.2) is 45.7 Å². The topological polar surface area (TPSA) is 60.0 Å². The second-order valence-electron chi connectivity index (χ2n) is 7.33. The maximum absolute atomic E-state index is 12.6. The van der Waals surface area contributed by atoms with Gasteiger partial charge in [-0.2, -0.15) is 0 Å². The van der Waals surface area contributed by atoms with Crippen molar-refractivity contribution in [3.8, 4) is 17.2 Å². The Hall–Kier alpha value is -2.73. The third-order valence-electron chi connectivity index (χ3n) is 5.48. The average Bonchev–Trinajstić information content (AvgIpc) is 2.76. The number of hydrogen-bond donors (Lipinski definition) is 1. The van der Waals surface area contributed by atoms with Crippen LogP contribution in [0.2, 0.25) is 0 Å². The third-order valence-corrected chi connectivity index (χ3v) is 5.48. The zero-order valence-corrected chi connectivity index (χ0v) is 17.7. The van der Waals surface area contributed by atoms with Crippen LogP contribution < -0.4 is 19.5 Å². The monoisotopic (exact) mass is 398 g/mol. The number of carbonyl (C=O) groups excluding carboxylic acids is 1. The van der Waals surface area contributed by atoms with Crippen molar-refractivity contribution in [1.82, 2.24) is 10.2 Å². The smallest absolute Gasteiger partial charge is 0.234 e. The largest absolute Gasteiger partial charge is 0.493 e. The number of carbonyl (C=O) groups is 1. The summed E-state index contributed by atoms with van der Waals surface area (Å²) in [6, 6.07) is 12.5. The highest BCUT2D eigenvalue weighted by atomic mass is 16.5. The highest BCUT2D eigenvalue weighted by molar-refractivity contribution is 5.78. The molecule has 1 aliphatic rings. The first kappa shape index (κ1) is 21.0. The van der Waals surface area contributed by atoms with E-state index in [4.69, 9.17) is 14.2 Å². The van der Waals surface area contributed by atoms with Crippen molar-refractivity contribution in [1.29, 1.82) is 0 Å². The van der Waals surface area contributed by atoms with Gasteiger partial charge in [-0.05, 0) is 55.1 Å². The van der Waals surface area contributed by atoms with Crippen molar-refractivity contribution < 1.29 is 19.0 Å². The molecule has 0 unspecified atom stereocenters. The van der Waals surface area contributed by atoms with E-state index in [1.54, 1.807) is 21.3 Å². The highest BCUT2D eigenvalue weighted by Gasteiger charge is 2.24. The van der Waals surface area contributed by atoms with Gasteiger partial charge in [0.05, 0.1) is 27.9 Å². The fraction of sp³-hybridized carbons (Fsp3) is 0.435. The fourth-order valence-corrected chi connectivity index (χ4v) is 4.02. The van der Waals surface area contributed by atoms with E-state index >= 15 is 0 Å². The molecule has 1 aliphatic carbocycles. The Bertz CT molecular complexity index is 828. The Kier molecular flexibility index (Phi) is 6.99. The van der Waals surface area contributed by atoms with Crippen LogP contribution in [0.25, 0.3) is 0 Å². The SMILES string of the molecule is COc1cc(CNC(=O)CN(C)[C@H]2CCCc3ccccc32)cc(OC)c1OC. The molecule has 0 saturated carbocycles. The molecule has 0 bridgehead atoms. The minimum Gasteiger partial charge on any atom is -0.493 e. The maximum Gasteiger partial charge on any atom is 0.234 e. The molecular formula is C23H30N2O4. The molecule has 1 N–H and O–H groups in total. The quantitative estimate of drug-likeness (QED) is 0.739. The summed E-state index contributed by atoms with van der Waals surface area (Å²) >= 11 is 0. The molecule has 0 fully saturated rings.